The average molecular weight is 501 g/mol. The molecule has 0 atom stereocenters. The molecule has 0 saturated heterocycles. The molecule has 5 N–H and O–H groups in total. The fourth-order valence-electron chi connectivity index (χ4n) is 3.32. The molecule has 0 aliphatic heterocycles. The first-order valence-corrected chi connectivity index (χ1v) is 10.7. The number of hydrogen-bond donors (Lipinski definition) is 5. The van der Waals surface area contributed by atoms with E-state index in [2.05, 4.69) is 16.0 Å². The molecular formula is C25H22F3N3O5. The quantitative estimate of drug-likeness (QED) is 0.288. The van der Waals surface area contributed by atoms with Gasteiger partial charge in [0.1, 0.15) is 5.75 Å². The summed E-state index contributed by atoms with van der Waals surface area (Å²) in [6.07, 6.45) is -4.62. The first-order valence-electron chi connectivity index (χ1n) is 10.7. The summed E-state index contributed by atoms with van der Waals surface area (Å²) in [6, 6.07) is 14.3. The Morgan fingerprint density at radius 1 is 0.833 bits per heavy atom. The Kier molecular flexibility index (Phi) is 8.15. The Morgan fingerprint density at radius 3 is 2.14 bits per heavy atom. The molecule has 0 bridgehead atoms. The van der Waals surface area contributed by atoms with Gasteiger partial charge in [0.15, 0.2) is 0 Å². The number of aryl methyl sites for hydroxylation is 1. The summed E-state index contributed by atoms with van der Waals surface area (Å²) < 4.78 is 39.2. The zero-order chi connectivity index (χ0) is 26.3. The molecule has 0 aliphatic carbocycles. The zero-order valence-corrected chi connectivity index (χ0v) is 18.7. The number of carboxylic acids is 1. The first kappa shape index (κ1) is 26.1. The molecule has 0 heterocycles. The number of aliphatic carboxylic acids is 1. The third-order valence-electron chi connectivity index (χ3n) is 5.03. The van der Waals surface area contributed by atoms with Crippen LogP contribution < -0.4 is 16.0 Å². The Hall–Kier alpha value is -4.54. The number of carboxylic acid groups (broad SMARTS) is 1. The second-order valence-corrected chi connectivity index (χ2v) is 7.78. The van der Waals surface area contributed by atoms with E-state index in [1.165, 1.54) is 36.4 Å². The van der Waals surface area contributed by atoms with Gasteiger partial charge in [-0.1, -0.05) is 30.3 Å². The number of phenolic OH excluding ortho intramolecular Hbond substituents is 1. The standard InChI is InChI=1S/C25H22F3N3O5/c26-25(27,28)19-3-1-2-4-20(19)31-24(36)30-17-9-5-15(6-10-17)13-22(33)29-18-11-7-16(21(32)14-18)8-12-23(34)35/h1-7,9-11,14,32H,8,12-13H2,(H,29,33)(H,34,35)(H2,30,31,36). The summed E-state index contributed by atoms with van der Waals surface area (Å²) in [5, 5.41) is 26.0. The number of urea groups is 1. The lowest BCUT2D eigenvalue weighted by atomic mass is 10.1. The number of para-hydroxylation sites is 1. The van der Waals surface area contributed by atoms with Crippen LogP contribution in [0.4, 0.5) is 35.0 Å². The smallest absolute Gasteiger partial charge is 0.418 e. The molecule has 0 aromatic heterocycles. The molecule has 36 heavy (non-hydrogen) atoms. The van der Waals surface area contributed by atoms with Crippen LogP contribution in [0, 0.1) is 0 Å². The van der Waals surface area contributed by atoms with Crippen molar-refractivity contribution >= 4 is 35.0 Å². The molecule has 8 nitrogen and oxygen atoms in total. The van der Waals surface area contributed by atoms with E-state index in [0.717, 1.165) is 12.1 Å². The van der Waals surface area contributed by atoms with Gasteiger partial charge >= 0.3 is 18.2 Å². The van der Waals surface area contributed by atoms with Gasteiger partial charge in [-0.2, -0.15) is 13.2 Å². The summed E-state index contributed by atoms with van der Waals surface area (Å²) in [4.78, 5) is 35.1. The van der Waals surface area contributed by atoms with Crippen molar-refractivity contribution in [1.82, 2.24) is 0 Å². The zero-order valence-electron chi connectivity index (χ0n) is 18.7. The largest absolute Gasteiger partial charge is 0.508 e. The van der Waals surface area contributed by atoms with Crippen LogP contribution in [0.2, 0.25) is 0 Å². The molecule has 3 rings (SSSR count). The van der Waals surface area contributed by atoms with Crippen LogP contribution in [0.3, 0.4) is 0 Å². The molecule has 0 fully saturated rings. The summed E-state index contributed by atoms with van der Waals surface area (Å²) in [7, 11) is 0. The van der Waals surface area contributed by atoms with Crippen LogP contribution in [-0.2, 0) is 28.6 Å². The Morgan fingerprint density at radius 2 is 1.50 bits per heavy atom. The molecule has 0 saturated carbocycles. The SMILES string of the molecule is O=C(O)CCc1ccc(NC(=O)Cc2ccc(NC(=O)Nc3ccccc3C(F)(F)F)cc2)cc1O. The van der Waals surface area contributed by atoms with Crippen LogP contribution in [-0.4, -0.2) is 28.1 Å². The number of rotatable bonds is 8. The monoisotopic (exact) mass is 501 g/mol. The number of aromatic hydroxyl groups is 1. The Balaban J connectivity index is 1.54. The van der Waals surface area contributed by atoms with Gasteiger partial charge in [0.25, 0.3) is 0 Å². The molecule has 11 heteroatoms. The molecule has 3 aromatic carbocycles. The number of nitrogens with one attached hydrogen (secondary N) is 3. The number of anilines is 3. The lowest BCUT2D eigenvalue weighted by Gasteiger charge is -2.14. The maximum Gasteiger partial charge on any atom is 0.418 e. The van der Waals surface area contributed by atoms with Crippen molar-refractivity contribution < 1.29 is 37.8 Å². The van der Waals surface area contributed by atoms with Gasteiger partial charge < -0.3 is 26.2 Å². The third kappa shape index (κ3) is 7.49. The van der Waals surface area contributed by atoms with Crippen molar-refractivity contribution in [2.45, 2.75) is 25.4 Å². The lowest BCUT2D eigenvalue weighted by molar-refractivity contribution is -0.137. The number of amides is 3. The van der Waals surface area contributed by atoms with E-state index in [1.807, 2.05) is 0 Å². The molecular weight excluding hydrogens is 479 g/mol. The highest BCUT2D eigenvalue weighted by Gasteiger charge is 2.33. The minimum atomic E-state index is -4.62. The van der Waals surface area contributed by atoms with E-state index >= 15 is 0 Å². The summed E-state index contributed by atoms with van der Waals surface area (Å²) in [6.45, 7) is 0. The second-order valence-electron chi connectivity index (χ2n) is 7.78. The van der Waals surface area contributed by atoms with E-state index < -0.39 is 23.7 Å². The van der Waals surface area contributed by atoms with Gasteiger partial charge in [-0.3, -0.25) is 9.59 Å². The molecule has 0 unspecified atom stereocenters. The predicted molar refractivity (Wildman–Crippen MR) is 127 cm³/mol. The van der Waals surface area contributed by atoms with E-state index in [9.17, 15) is 32.7 Å². The number of halogens is 3. The van der Waals surface area contributed by atoms with Crippen molar-refractivity contribution in [2.75, 3.05) is 16.0 Å². The normalized spacial score (nSPS) is 11.0. The number of phenols is 1. The first-order chi connectivity index (χ1) is 17.0. The van der Waals surface area contributed by atoms with Crippen molar-refractivity contribution in [2.24, 2.45) is 0 Å². The van der Waals surface area contributed by atoms with Crippen LogP contribution in [0.5, 0.6) is 5.75 Å². The van der Waals surface area contributed by atoms with Crippen molar-refractivity contribution in [3.05, 3.63) is 83.4 Å². The number of benzene rings is 3. The summed E-state index contributed by atoms with van der Waals surface area (Å²) in [5.41, 5.74) is 0.350. The topological polar surface area (TPSA) is 128 Å². The minimum Gasteiger partial charge on any atom is -0.508 e. The van der Waals surface area contributed by atoms with Crippen LogP contribution >= 0.6 is 0 Å². The maximum absolute atomic E-state index is 13.1. The van der Waals surface area contributed by atoms with Crippen molar-refractivity contribution in [3.8, 4) is 5.75 Å². The van der Waals surface area contributed by atoms with Gasteiger partial charge in [-0.25, -0.2) is 4.79 Å². The molecule has 0 aliphatic rings. The Labute approximate surface area is 203 Å². The van der Waals surface area contributed by atoms with E-state index in [-0.39, 0.29) is 36.6 Å². The minimum absolute atomic E-state index is 0.0209. The molecule has 0 spiro atoms. The van der Waals surface area contributed by atoms with Gasteiger partial charge in [-0.15, -0.1) is 0 Å². The van der Waals surface area contributed by atoms with Crippen molar-refractivity contribution in [1.29, 1.82) is 0 Å². The van der Waals surface area contributed by atoms with Crippen LogP contribution in [0.25, 0.3) is 0 Å². The number of carbonyl (C=O) groups excluding carboxylic acids is 2. The maximum atomic E-state index is 13.1. The third-order valence-corrected chi connectivity index (χ3v) is 5.03. The highest BCUT2D eigenvalue weighted by molar-refractivity contribution is 6.00. The summed E-state index contributed by atoms with van der Waals surface area (Å²) >= 11 is 0. The number of hydrogen-bond acceptors (Lipinski definition) is 4. The highest BCUT2D eigenvalue weighted by Crippen LogP contribution is 2.34. The van der Waals surface area contributed by atoms with E-state index in [0.29, 0.717) is 22.5 Å². The highest BCUT2D eigenvalue weighted by atomic mass is 19.4. The van der Waals surface area contributed by atoms with Crippen LogP contribution in [0.1, 0.15) is 23.1 Å². The van der Waals surface area contributed by atoms with Crippen molar-refractivity contribution in [3.63, 3.8) is 0 Å². The Bertz CT molecular complexity index is 1260. The fourth-order valence-corrected chi connectivity index (χ4v) is 3.32. The molecule has 0 radical (unpaired) electrons. The van der Waals surface area contributed by atoms with E-state index in [4.69, 9.17) is 5.11 Å². The lowest BCUT2D eigenvalue weighted by Crippen LogP contribution is -2.21. The molecule has 3 aromatic rings. The van der Waals surface area contributed by atoms with Gasteiger partial charge in [0.05, 0.1) is 17.7 Å². The number of alkyl halides is 3. The van der Waals surface area contributed by atoms with E-state index in [1.54, 1.807) is 18.2 Å². The van der Waals surface area contributed by atoms with Gasteiger partial charge in [-0.05, 0) is 47.9 Å². The summed E-state index contributed by atoms with van der Waals surface area (Å²) in [5.74, 6) is -1.49. The molecule has 3 amide bonds. The van der Waals surface area contributed by atoms with Crippen LogP contribution in [0.15, 0.2) is 66.7 Å². The second kappa shape index (κ2) is 11.3. The molecule has 188 valence electrons. The van der Waals surface area contributed by atoms with Gasteiger partial charge in [0.2, 0.25) is 5.91 Å². The fraction of sp³-hybridized carbons (Fsp3) is 0.160. The average Bonchev–Trinajstić information content (AvgIpc) is 2.79. The van der Waals surface area contributed by atoms with Gasteiger partial charge in [0, 0.05) is 23.9 Å². The number of carbonyl (C=O) groups is 3. The predicted octanol–water partition coefficient (Wildman–Crippen LogP) is 5.25.